The van der Waals surface area contributed by atoms with E-state index in [-0.39, 0.29) is 19.1 Å². The molecule has 0 spiro atoms. The van der Waals surface area contributed by atoms with Crippen LogP contribution in [0, 0.1) is 0 Å². The number of rotatable bonds is 6. The predicted octanol–water partition coefficient (Wildman–Crippen LogP) is -0.106. The van der Waals surface area contributed by atoms with E-state index in [0.717, 1.165) is 5.52 Å². The van der Waals surface area contributed by atoms with E-state index in [0.29, 0.717) is 30.2 Å². The molecule has 0 aliphatic heterocycles. The Morgan fingerprint density at radius 1 is 1.50 bits per heavy atom. The van der Waals surface area contributed by atoms with Crippen molar-refractivity contribution in [2.24, 2.45) is 7.05 Å². The van der Waals surface area contributed by atoms with Gasteiger partial charge in [-0.25, -0.2) is 4.98 Å². The van der Waals surface area contributed by atoms with Gasteiger partial charge in [0, 0.05) is 19.2 Å². The van der Waals surface area contributed by atoms with E-state index in [1.54, 1.807) is 16.7 Å². The lowest BCUT2D eigenvalue weighted by atomic mass is 10.2. The second-order valence-electron chi connectivity index (χ2n) is 4.32. The number of imidazole rings is 1. The van der Waals surface area contributed by atoms with Crippen LogP contribution in [0.3, 0.4) is 0 Å². The van der Waals surface area contributed by atoms with Crippen molar-refractivity contribution in [3.63, 3.8) is 0 Å². The van der Waals surface area contributed by atoms with E-state index in [2.05, 4.69) is 10.3 Å². The van der Waals surface area contributed by atoms with Crippen LogP contribution in [-0.4, -0.2) is 46.9 Å². The summed E-state index contributed by atoms with van der Waals surface area (Å²) in [6.07, 6.45) is 0. The van der Waals surface area contributed by atoms with E-state index in [9.17, 15) is 4.79 Å². The summed E-state index contributed by atoms with van der Waals surface area (Å²) in [5.41, 5.74) is 7.81. The van der Waals surface area contributed by atoms with Crippen molar-refractivity contribution < 1.29 is 14.6 Å². The van der Waals surface area contributed by atoms with Gasteiger partial charge in [0.25, 0.3) is 5.91 Å². The topological polar surface area (TPSA) is 102 Å². The van der Waals surface area contributed by atoms with Gasteiger partial charge in [0.1, 0.15) is 0 Å². The summed E-state index contributed by atoms with van der Waals surface area (Å²) in [5.74, 6) is 0.221. The van der Waals surface area contributed by atoms with E-state index < -0.39 is 0 Å². The number of anilines is 1. The first-order chi connectivity index (χ1) is 9.63. The lowest BCUT2D eigenvalue weighted by molar-refractivity contribution is 0.0838. The van der Waals surface area contributed by atoms with Crippen molar-refractivity contribution in [1.82, 2.24) is 14.9 Å². The number of nitrogen functional groups attached to an aromatic ring is 1. The normalized spacial score (nSPS) is 10.9. The number of hydrogen-bond acceptors (Lipinski definition) is 5. The van der Waals surface area contributed by atoms with Crippen LogP contribution in [0.4, 0.5) is 5.95 Å². The van der Waals surface area contributed by atoms with Gasteiger partial charge in [-0.2, -0.15) is 0 Å². The third-order valence-corrected chi connectivity index (χ3v) is 2.95. The number of amides is 1. The fraction of sp³-hybridized carbons (Fsp3) is 0.385. The highest BCUT2D eigenvalue weighted by Gasteiger charge is 2.09. The van der Waals surface area contributed by atoms with Crippen molar-refractivity contribution in [3.8, 4) is 0 Å². The number of aliphatic hydroxyl groups is 1. The molecule has 0 fully saturated rings. The average molecular weight is 278 g/mol. The molecule has 7 heteroatoms. The maximum Gasteiger partial charge on any atom is 0.251 e. The molecule has 1 amide bonds. The lowest BCUT2D eigenvalue weighted by Gasteiger charge is -2.05. The highest BCUT2D eigenvalue weighted by Crippen LogP contribution is 2.17. The number of carbonyl (C=O) groups is 1. The smallest absolute Gasteiger partial charge is 0.251 e. The second-order valence-corrected chi connectivity index (χ2v) is 4.32. The van der Waals surface area contributed by atoms with Crippen molar-refractivity contribution in [2.75, 3.05) is 32.1 Å². The minimum absolute atomic E-state index is 0.0221. The first-order valence-corrected chi connectivity index (χ1v) is 6.32. The summed E-state index contributed by atoms with van der Waals surface area (Å²) in [5, 5.41) is 11.3. The Kier molecular flexibility index (Phi) is 4.54. The van der Waals surface area contributed by atoms with Gasteiger partial charge in [-0.05, 0) is 18.2 Å². The quantitative estimate of drug-likeness (QED) is 0.640. The molecule has 108 valence electrons. The van der Waals surface area contributed by atoms with Crippen LogP contribution in [0.5, 0.6) is 0 Å². The highest BCUT2D eigenvalue weighted by atomic mass is 16.5. The van der Waals surface area contributed by atoms with Gasteiger partial charge in [0.2, 0.25) is 5.95 Å². The summed E-state index contributed by atoms with van der Waals surface area (Å²) in [4.78, 5) is 16.1. The molecule has 1 aromatic carbocycles. The zero-order chi connectivity index (χ0) is 14.5. The number of aryl methyl sites for hydroxylation is 1. The van der Waals surface area contributed by atoms with Crippen molar-refractivity contribution in [2.45, 2.75) is 0 Å². The number of carbonyl (C=O) groups excluding carboxylic acids is 1. The van der Waals surface area contributed by atoms with Gasteiger partial charge < -0.3 is 25.5 Å². The molecule has 0 bridgehead atoms. The largest absolute Gasteiger partial charge is 0.394 e. The zero-order valence-electron chi connectivity index (χ0n) is 11.3. The number of nitrogens with zero attached hydrogens (tertiary/aromatic N) is 2. The third kappa shape index (κ3) is 3.06. The summed E-state index contributed by atoms with van der Waals surface area (Å²) in [6.45, 7) is 1.01. The van der Waals surface area contributed by atoms with E-state index >= 15 is 0 Å². The van der Waals surface area contributed by atoms with Crippen LogP contribution < -0.4 is 11.1 Å². The van der Waals surface area contributed by atoms with Gasteiger partial charge in [-0.3, -0.25) is 4.79 Å². The SMILES string of the molecule is Cn1c(N)nc2cc(C(=O)NCCOCCO)ccc21. The summed E-state index contributed by atoms with van der Waals surface area (Å²) in [7, 11) is 1.82. The Labute approximate surface area is 116 Å². The Balaban J connectivity index is 2.00. The van der Waals surface area contributed by atoms with Crippen LogP contribution in [0.2, 0.25) is 0 Å². The van der Waals surface area contributed by atoms with Crippen LogP contribution in [0.25, 0.3) is 11.0 Å². The fourth-order valence-electron chi connectivity index (χ4n) is 1.87. The molecule has 0 radical (unpaired) electrons. The number of aliphatic hydroxyl groups excluding tert-OH is 1. The van der Waals surface area contributed by atoms with E-state index in [4.69, 9.17) is 15.6 Å². The zero-order valence-corrected chi connectivity index (χ0v) is 11.3. The molecule has 0 saturated heterocycles. The Morgan fingerprint density at radius 2 is 2.30 bits per heavy atom. The minimum atomic E-state index is -0.191. The molecule has 20 heavy (non-hydrogen) atoms. The van der Waals surface area contributed by atoms with Crippen LogP contribution >= 0.6 is 0 Å². The van der Waals surface area contributed by atoms with Crippen LogP contribution in [0.15, 0.2) is 18.2 Å². The van der Waals surface area contributed by atoms with E-state index in [1.807, 2.05) is 13.1 Å². The Bertz CT molecular complexity index is 609. The van der Waals surface area contributed by atoms with E-state index in [1.165, 1.54) is 0 Å². The minimum Gasteiger partial charge on any atom is -0.394 e. The molecule has 0 unspecified atom stereocenters. The number of aromatic nitrogens is 2. The molecule has 2 rings (SSSR count). The predicted molar refractivity (Wildman–Crippen MR) is 75.4 cm³/mol. The number of fused-ring (bicyclic) bond motifs is 1. The highest BCUT2D eigenvalue weighted by molar-refractivity contribution is 5.97. The number of benzene rings is 1. The summed E-state index contributed by atoms with van der Waals surface area (Å²) < 4.78 is 6.83. The number of ether oxygens (including phenoxy) is 1. The van der Waals surface area contributed by atoms with Gasteiger partial charge in [-0.1, -0.05) is 0 Å². The standard InChI is InChI=1S/C13H18N4O3/c1-17-11-3-2-9(8-10(11)16-13(17)14)12(19)15-4-6-20-7-5-18/h2-3,8,18H,4-7H2,1H3,(H2,14,16)(H,15,19). The molecule has 7 nitrogen and oxygen atoms in total. The van der Waals surface area contributed by atoms with Crippen LogP contribution in [-0.2, 0) is 11.8 Å². The van der Waals surface area contributed by atoms with Crippen LogP contribution in [0.1, 0.15) is 10.4 Å². The molecule has 0 atom stereocenters. The molecule has 4 N–H and O–H groups in total. The maximum atomic E-state index is 11.9. The van der Waals surface area contributed by atoms with Gasteiger partial charge in [0.05, 0.1) is 30.9 Å². The maximum absolute atomic E-state index is 11.9. The third-order valence-electron chi connectivity index (χ3n) is 2.95. The molecule has 2 aromatic rings. The summed E-state index contributed by atoms with van der Waals surface area (Å²) >= 11 is 0. The molecule has 0 saturated carbocycles. The number of nitrogens with two attached hydrogens (primary N) is 1. The molecule has 0 aliphatic rings. The lowest BCUT2D eigenvalue weighted by Crippen LogP contribution is -2.27. The first-order valence-electron chi connectivity index (χ1n) is 6.32. The van der Waals surface area contributed by atoms with Crippen molar-refractivity contribution >= 4 is 22.9 Å². The average Bonchev–Trinajstić information content (AvgIpc) is 2.73. The van der Waals surface area contributed by atoms with Crippen molar-refractivity contribution in [3.05, 3.63) is 23.8 Å². The monoisotopic (exact) mass is 278 g/mol. The van der Waals surface area contributed by atoms with Gasteiger partial charge in [-0.15, -0.1) is 0 Å². The summed E-state index contributed by atoms with van der Waals surface area (Å²) in [6, 6.07) is 5.25. The molecule has 0 aliphatic carbocycles. The van der Waals surface area contributed by atoms with Gasteiger partial charge in [0.15, 0.2) is 0 Å². The second kappa shape index (κ2) is 6.36. The van der Waals surface area contributed by atoms with Gasteiger partial charge >= 0.3 is 0 Å². The Hall–Kier alpha value is -2.12. The van der Waals surface area contributed by atoms with Crippen molar-refractivity contribution in [1.29, 1.82) is 0 Å². The molecule has 1 aromatic heterocycles. The first kappa shape index (κ1) is 14.3. The Morgan fingerprint density at radius 3 is 3.05 bits per heavy atom. The number of nitrogens with one attached hydrogen (secondary N) is 1. The molecular formula is C13H18N4O3. The molecule has 1 heterocycles. The number of hydrogen-bond donors (Lipinski definition) is 3. The molecular weight excluding hydrogens is 260 g/mol. The fourth-order valence-corrected chi connectivity index (χ4v) is 1.87.